The van der Waals surface area contributed by atoms with E-state index in [1.807, 2.05) is 0 Å². The SMILES string of the molecule is O=C(NCc1ccnc(-n2cnc(C(F)(F)F)c2)c1)NC1CC1C1CCCCC1. The number of imidazole rings is 1. The van der Waals surface area contributed by atoms with Gasteiger partial charge < -0.3 is 10.6 Å². The number of halogens is 3. The second-order valence-corrected chi connectivity index (χ2v) is 7.92. The molecule has 0 radical (unpaired) electrons. The summed E-state index contributed by atoms with van der Waals surface area (Å²) in [7, 11) is 0. The number of hydrogen-bond donors (Lipinski definition) is 2. The molecule has 2 fully saturated rings. The van der Waals surface area contributed by atoms with Crippen LogP contribution in [0.25, 0.3) is 5.82 Å². The van der Waals surface area contributed by atoms with E-state index in [2.05, 4.69) is 20.6 Å². The van der Waals surface area contributed by atoms with Crippen LogP contribution in [0.4, 0.5) is 18.0 Å². The number of urea groups is 1. The van der Waals surface area contributed by atoms with Gasteiger partial charge in [0, 0.05) is 25.0 Å². The van der Waals surface area contributed by atoms with E-state index in [0.29, 0.717) is 11.7 Å². The number of nitrogens with zero attached hydrogens (tertiary/aromatic N) is 3. The van der Waals surface area contributed by atoms with Crippen LogP contribution in [0.5, 0.6) is 0 Å². The monoisotopic (exact) mass is 407 g/mol. The number of nitrogens with one attached hydrogen (secondary N) is 2. The van der Waals surface area contributed by atoms with Gasteiger partial charge in [0.15, 0.2) is 5.69 Å². The number of alkyl halides is 3. The lowest BCUT2D eigenvalue weighted by atomic mass is 9.85. The highest BCUT2D eigenvalue weighted by Crippen LogP contribution is 2.44. The van der Waals surface area contributed by atoms with E-state index < -0.39 is 11.9 Å². The van der Waals surface area contributed by atoms with Crippen LogP contribution in [-0.2, 0) is 12.7 Å². The van der Waals surface area contributed by atoms with Gasteiger partial charge in [-0.25, -0.2) is 14.8 Å². The topological polar surface area (TPSA) is 71.8 Å². The molecule has 9 heteroatoms. The van der Waals surface area contributed by atoms with E-state index in [-0.39, 0.29) is 18.6 Å². The fourth-order valence-corrected chi connectivity index (χ4v) is 4.17. The van der Waals surface area contributed by atoms with Gasteiger partial charge in [0.05, 0.1) is 0 Å². The molecular formula is C20H24F3N5O. The zero-order chi connectivity index (χ0) is 20.4. The molecule has 2 aromatic rings. The smallest absolute Gasteiger partial charge is 0.335 e. The maximum atomic E-state index is 12.7. The van der Waals surface area contributed by atoms with Crippen molar-refractivity contribution in [3.05, 3.63) is 42.1 Å². The Kier molecular flexibility index (Phi) is 5.47. The van der Waals surface area contributed by atoms with Gasteiger partial charge >= 0.3 is 12.2 Å². The van der Waals surface area contributed by atoms with Crippen molar-refractivity contribution < 1.29 is 18.0 Å². The Morgan fingerprint density at radius 2 is 2.00 bits per heavy atom. The lowest BCUT2D eigenvalue weighted by Gasteiger charge is -2.21. The third-order valence-corrected chi connectivity index (χ3v) is 5.81. The molecule has 2 atom stereocenters. The zero-order valence-electron chi connectivity index (χ0n) is 16.0. The molecule has 2 aromatic heterocycles. The molecule has 2 N–H and O–H groups in total. The minimum Gasteiger partial charge on any atom is -0.335 e. The number of rotatable bonds is 5. The molecule has 6 nitrogen and oxygen atoms in total. The number of carbonyl (C=O) groups excluding carboxylic acids is 1. The molecule has 0 spiro atoms. The van der Waals surface area contributed by atoms with Crippen LogP contribution < -0.4 is 10.6 Å². The standard InChI is InChI=1S/C20H24F3N5O/c21-20(22,23)17-11-28(12-26-17)18-8-13(6-7-24-18)10-25-19(29)27-16-9-15(16)14-4-2-1-3-5-14/h6-8,11-12,14-16H,1-5,9-10H2,(H2,25,27,29). The molecule has 0 saturated heterocycles. The minimum atomic E-state index is -4.50. The lowest BCUT2D eigenvalue weighted by Crippen LogP contribution is -2.37. The molecule has 2 aliphatic carbocycles. The minimum absolute atomic E-state index is 0.214. The van der Waals surface area contributed by atoms with Crippen LogP contribution in [-0.4, -0.2) is 26.6 Å². The van der Waals surface area contributed by atoms with E-state index in [0.717, 1.165) is 30.4 Å². The van der Waals surface area contributed by atoms with Crippen molar-refractivity contribution >= 4 is 6.03 Å². The first-order valence-electron chi connectivity index (χ1n) is 10.0. The third-order valence-electron chi connectivity index (χ3n) is 5.81. The number of pyridine rings is 1. The predicted octanol–water partition coefficient (Wildman–Crippen LogP) is 4.05. The van der Waals surface area contributed by atoms with Crippen molar-refractivity contribution in [2.75, 3.05) is 0 Å². The van der Waals surface area contributed by atoms with Gasteiger partial charge in [-0.3, -0.25) is 4.57 Å². The molecule has 29 heavy (non-hydrogen) atoms. The fourth-order valence-electron chi connectivity index (χ4n) is 4.17. The summed E-state index contributed by atoms with van der Waals surface area (Å²) in [6.07, 6.45) is 6.49. The van der Waals surface area contributed by atoms with E-state index in [9.17, 15) is 18.0 Å². The highest BCUT2D eigenvalue weighted by molar-refractivity contribution is 5.74. The highest BCUT2D eigenvalue weighted by Gasteiger charge is 2.43. The maximum Gasteiger partial charge on any atom is 0.434 e. The van der Waals surface area contributed by atoms with Crippen molar-refractivity contribution in [3.63, 3.8) is 0 Å². The lowest BCUT2D eigenvalue weighted by molar-refractivity contribution is -0.140. The summed E-state index contributed by atoms with van der Waals surface area (Å²) in [5, 5.41) is 5.85. The first-order chi connectivity index (χ1) is 13.9. The molecule has 2 heterocycles. The molecule has 2 amide bonds. The highest BCUT2D eigenvalue weighted by atomic mass is 19.4. The molecule has 2 aliphatic rings. The Bertz CT molecular complexity index is 860. The van der Waals surface area contributed by atoms with Crippen molar-refractivity contribution in [2.45, 2.75) is 57.3 Å². The zero-order valence-corrected chi connectivity index (χ0v) is 16.0. The van der Waals surface area contributed by atoms with Crippen molar-refractivity contribution in [3.8, 4) is 5.82 Å². The van der Waals surface area contributed by atoms with E-state index >= 15 is 0 Å². The predicted molar refractivity (Wildman–Crippen MR) is 100 cm³/mol. The van der Waals surface area contributed by atoms with Crippen LogP contribution in [0.15, 0.2) is 30.9 Å². The van der Waals surface area contributed by atoms with Crippen LogP contribution in [0.2, 0.25) is 0 Å². The van der Waals surface area contributed by atoms with Gasteiger partial charge in [-0.1, -0.05) is 32.1 Å². The Balaban J connectivity index is 1.28. The summed E-state index contributed by atoms with van der Waals surface area (Å²) in [5.74, 6) is 1.67. The molecule has 2 saturated carbocycles. The average Bonchev–Trinajstić information content (AvgIpc) is 3.26. The van der Waals surface area contributed by atoms with E-state index in [4.69, 9.17) is 0 Å². The Morgan fingerprint density at radius 1 is 1.21 bits per heavy atom. The fraction of sp³-hybridized carbons (Fsp3) is 0.550. The molecule has 0 bridgehead atoms. The van der Waals surface area contributed by atoms with Gasteiger partial charge in [0.2, 0.25) is 0 Å². The number of amides is 2. The first-order valence-corrected chi connectivity index (χ1v) is 10.0. The van der Waals surface area contributed by atoms with Gasteiger partial charge in [-0.05, 0) is 36.0 Å². The molecule has 0 aliphatic heterocycles. The Morgan fingerprint density at radius 3 is 2.72 bits per heavy atom. The Hall–Kier alpha value is -2.58. The molecule has 2 unspecified atom stereocenters. The largest absolute Gasteiger partial charge is 0.434 e. The average molecular weight is 407 g/mol. The van der Waals surface area contributed by atoms with Gasteiger partial charge in [-0.2, -0.15) is 13.2 Å². The van der Waals surface area contributed by atoms with Gasteiger partial charge in [-0.15, -0.1) is 0 Å². The summed E-state index contributed by atoms with van der Waals surface area (Å²) in [4.78, 5) is 19.6. The van der Waals surface area contributed by atoms with E-state index in [1.165, 1.54) is 42.9 Å². The quantitative estimate of drug-likeness (QED) is 0.785. The number of hydrogen-bond acceptors (Lipinski definition) is 3. The Labute approximate surface area is 166 Å². The summed E-state index contributed by atoms with van der Waals surface area (Å²) >= 11 is 0. The molecule has 4 rings (SSSR count). The summed E-state index contributed by atoms with van der Waals surface area (Å²) in [6, 6.07) is 3.39. The maximum absolute atomic E-state index is 12.7. The van der Waals surface area contributed by atoms with Gasteiger partial charge in [0.1, 0.15) is 12.1 Å². The second-order valence-electron chi connectivity index (χ2n) is 7.92. The van der Waals surface area contributed by atoms with E-state index in [1.54, 1.807) is 12.1 Å². The summed E-state index contributed by atoms with van der Waals surface area (Å²) in [6.45, 7) is 0.267. The molecule has 0 aromatic carbocycles. The third kappa shape index (κ3) is 4.89. The molecule has 156 valence electrons. The number of carbonyl (C=O) groups is 1. The summed E-state index contributed by atoms with van der Waals surface area (Å²) in [5.41, 5.74) is -0.230. The van der Waals surface area contributed by atoms with Crippen LogP contribution in [0.1, 0.15) is 49.8 Å². The van der Waals surface area contributed by atoms with Gasteiger partial charge in [0.25, 0.3) is 0 Å². The van der Waals surface area contributed by atoms with Crippen LogP contribution in [0.3, 0.4) is 0 Å². The summed E-state index contributed by atoms with van der Waals surface area (Å²) < 4.78 is 39.3. The van der Waals surface area contributed by atoms with Crippen molar-refractivity contribution in [1.29, 1.82) is 0 Å². The second kappa shape index (κ2) is 8.04. The van der Waals surface area contributed by atoms with Crippen molar-refractivity contribution in [1.82, 2.24) is 25.2 Å². The first kappa shape index (κ1) is 19.7. The number of aromatic nitrogens is 3. The van der Waals surface area contributed by atoms with Crippen molar-refractivity contribution in [2.24, 2.45) is 11.8 Å². The normalized spacial score (nSPS) is 22.3. The molecular weight excluding hydrogens is 383 g/mol. The van der Waals surface area contributed by atoms with Crippen LogP contribution in [0, 0.1) is 11.8 Å². The van der Waals surface area contributed by atoms with Crippen LogP contribution >= 0.6 is 0 Å².